The first-order chi connectivity index (χ1) is 26.0. The van der Waals surface area contributed by atoms with Gasteiger partial charge in [-0.3, -0.25) is 29.8 Å². The Bertz CT molecular complexity index is 2880. The number of aromatic amines is 2. The first-order valence-corrected chi connectivity index (χ1v) is 17.2. The lowest BCUT2D eigenvalue weighted by Crippen LogP contribution is -2.23. The minimum Gasteiger partial charge on any atom is -0.301 e. The van der Waals surface area contributed by atoms with Gasteiger partial charge in [0.25, 0.3) is 11.1 Å². The fourth-order valence-corrected chi connectivity index (χ4v) is 6.77. The summed E-state index contributed by atoms with van der Waals surface area (Å²) in [7, 11) is 0. The third-order valence-electron chi connectivity index (χ3n) is 9.44. The van der Waals surface area contributed by atoms with Crippen molar-refractivity contribution in [3.8, 4) is 45.4 Å². The van der Waals surface area contributed by atoms with E-state index in [0.717, 1.165) is 11.3 Å². The Hall–Kier alpha value is -7.22. The van der Waals surface area contributed by atoms with Crippen LogP contribution in [-0.2, 0) is 19.3 Å². The minimum absolute atomic E-state index is 0.196. The van der Waals surface area contributed by atoms with Crippen LogP contribution >= 0.6 is 0 Å². The second-order valence-electron chi connectivity index (χ2n) is 12.6. The van der Waals surface area contributed by atoms with Gasteiger partial charge < -0.3 is 9.13 Å². The maximum absolute atomic E-state index is 14.1. The molecular weight excluding hydrogens is 669 g/mol. The van der Waals surface area contributed by atoms with Crippen molar-refractivity contribution in [2.75, 3.05) is 0 Å². The SMILES string of the molecule is CCc1nc2c(-n3cnc(-c4ccccn4)c3)c[nH]n2c(=O)c1CCc1[nH]n2c(=O)c(C)c(-c3ccccc3)nc2c1-n1cnc(-c2ccccn2)c1. The largest absolute Gasteiger partial charge is 0.301 e. The predicted molar refractivity (Wildman–Crippen MR) is 199 cm³/mol. The molecule has 14 nitrogen and oxygen atoms in total. The quantitative estimate of drug-likeness (QED) is 0.208. The van der Waals surface area contributed by atoms with Crippen molar-refractivity contribution >= 4 is 11.3 Å². The first-order valence-electron chi connectivity index (χ1n) is 17.2. The summed E-state index contributed by atoms with van der Waals surface area (Å²) < 4.78 is 6.63. The molecule has 0 aliphatic rings. The molecule has 0 atom stereocenters. The van der Waals surface area contributed by atoms with Crippen molar-refractivity contribution in [3.05, 3.63) is 154 Å². The van der Waals surface area contributed by atoms with E-state index in [1.807, 2.05) is 95.2 Å². The van der Waals surface area contributed by atoms with E-state index in [4.69, 9.17) is 9.97 Å². The smallest absolute Gasteiger partial charge is 0.276 e. The zero-order chi connectivity index (χ0) is 36.1. The highest BCUT2D eigenvalue weighted by Gasteiger charge is 2.23. The number of aryl methyl sites for hydroxylation is 2. The monoisotopic (exact) mass is 700 g/mol. The van der Waals surface area contributed by atoms with Crippen LogP contribution < -0.4 is 11.1 Å². The van der Waals surface area contributed by atoms with Crippen molar-refractivity contribution in [2.24, 2.45) is 0 Å². The fourth-order valence-electron chi connectivity index (χ4n) is 6.77. The molecule has 1 aromatic carbocycles. The van der Waals surface area contributed by atoms with E-state index in [1.165, 1.54) is 9.03 Å². The van der Waals surface area contributed by atoms with Crippen molar-refractivity contribution in [3.63, 3.8) is 0 Å². The molecule has 0 fully saturated rings. The molecular formula is C39H32N12O2. The van der Waals surface area contributed by atoms with E-state index in [2.05, 4.69) is 30.1 Å². The number of hydrogen-bond acceptors (Lipinski definition) is 8. The second kappa shape index (κ2) is 12.8. The van der Waals surface area contributed by atoms with Gasteiger partial charge in [0, 0.05) is 47.7 Å². The Balaban J connectivity index is 1.13. The summed E-state index contributed by atoms with van der Waals surface area (Å²) in [5.41, 5.74) is 8.64. The highest BCUT2D eigenvalue weighted by Crippen LogP contribution is 2.27. The summed E-state index contributed by atoms with van der Waals surface area (Å²) in [6.45, 7) is 3.77. The highest BCUT2D eigenvalue weighted by atomic mass is 16.1. The van der Waals surface area contributed by atoms with Crippen LogP contribution in [0, 0.1) is 6.92 Å². The predicted octanol–water partition coefficient (Wildman–Crippen LogP) is 5.18. The first kappa shape index (κ1) is 31.7. The van der Waals surface area contributed by atoms with Gasteiger partial charge in [-0.1, -0.05) is 49.4 Å². The Morgan fingerprint density at radius 1 is 0.679 bits per heavy atom. The number of hydrogen-bond donors (Lipinski definition) is 2. The van der Waals surface area contributed by atoms with Crippen LogP contribution in [-0.4, -0.2) is 58.3 Å². The molecule has 0 aliphatic heterocycles. The third-order valence-corrected chi connectivity index (χ3v) is 9.44. The van der Waals surface area contributed by atoms with Crippen LogP contribution in [0.5, 0.6) is 0 Å². The van der Waals surface area contributed by atoms with Crippen LogP contribution in [0.1, 0.15) is 29.4 Å². The van der Waals surface area contributed by atoms with E-state index in [1.54, 1.807) is 38.2 Å². The molecule has 9 aromatic rings. The highest BCUT2D eigenvalue weighted by molar-refractivity contribution is 5.71. The maximum atomic E-state index is 14.1. The van der Waals surface area contributed by atoms with Gasteiger partial charge in [-0.25, -0.2) is 19.9 Å². The Labute approximate surface area is 301 Å². The summed E-state index contributed by atoms with van der Waals surface area (Å²) in [4.78, 5) is 56.1. The van der Waals surface area contributed by atoms with Gasteiger partial charge in [-0.15, -0.1) is 0 Å². The van der Waals surface area contributed by atoms with E-state index in [9.17, 15) is 9.59 Å². The Morgan fingerprint density at radius 3 is 2.04 bits per heavy atom. The average Bonchev–Trinajstić information content (AvgIpc) is 4.02. The molecule has 0 saturated heterocycles. The molecule has 0 radical (unpaired) electrons. The van der Waals surface area contributed by atoms with Crippen LogP contribution in [0.2, 0.25) is 0 Å². The van der Waals surface area contributed by atoms with Crippen molar-refractivity contribution < 1.29 is 0 Å². The molecule has 2 N–H and O–H groups in total. The number of pyridine rings is 2. The molecule has 14 heteroatoms. The fraction of sp³-hybridized carbons (Fsp3) is 0.128. The lowest BCUT2D eigenvalue weighted by Gasteiger charge is -2.09. The van der Waals surface area contributed by atoms with Crippen LogP contribution in [0.4, 0.5) is 0 Å². The Kier molecular flexibility index (Phi) is 7.69. The van der Waals surface area contributed by atoms with Crippen LogP contribution in [0.3, 0.4) is 0 Å². The van der Waals surface area contributed by atoms with Gasteiger partial charge in [-0.2, -0.15) is 9.03 Å². The zero-order valence-electron chi connectivity index (χ0n) is 28.8. The topological polar surface area (TPSA) is 162 Å². The molecule has 260 valence electrons. The lowest BCUT2D eigenvalue weighted by molar-refractivity contribution is 0.783. The molecule has 53 heavy (non-hydrogen) atoms. The number of nitrogens with zero attached hydrogens (tertiary/aromatic N) is 10. The van der Waals surface area contributed by atoms with E-state index >= 15 is 0 Å². The van der Waals surface area contributed by atoms with Gasteiger partial charge in [-0.05, 0) is 50.5 Å². The Morgan fingerprint density at radius 2 is 1.36 bits per heavy atom. The molecule has 9 rings (SSSR count). The zero-order valence-corrected chi connectivity index (χ0v) is 28.8. The lowest BCUT2D eigenvalue weighted by atomic mass is 10.1. The summed E-state index contributed by atoms with van der Waals surface area (Å²) in [6.07, 6.45) is 13.6. The van der Waals surface area contributed by atoms with Crippen molar-refractivity contribution in [1.29, 1.82) is 0 Å². The molecule has 8 heterocycles. The molecule has 8 aromatic heterocycles. The third kappa shape index (κ3) is 5.44. The molecule has 0 amide bonds. The van der Waals surface area contributed by atoms with E-state index < -0.39 is 0 Å². The average molecular weight is 701 g/mol. The molecule has 0 saturated carbocycles. The van der Waals surface area contributed by atoms with Gasteiger partial charge in [0.1, 0.15) is 35.4 Å². The number of fused-ring (bicyclic) bond motifs is 2. The van der Waals surface area contributed by atoms with Gasteiger partial charge in [0.05, 0.1) is 28.5 Å². The summed E-state index contributed by atoms with van der Waals surface area (Å²) in [6, 6.07) is 21.0. The molecule has 0 spiro atoms. The number of nitrogens with one attached hydrogen (secondary N) is 2. The summed E-state index contributed by atoms with van der Waals surface area (Å²) in [5.74, 6) is 0. The number of rotatable bonds is 9. The van der Waals surface area contributed by atoms with E-state index in [-0.39, 0.29) is 11.1 Å². The normalized spacial score (nSPS) is 11.6. The summed E-state index contributed by atoms with van der Waals surface area (Å²) in [5, 5.41) is 6.43. The van der Waals surface area contributed by atoms with Crippen LogP contribution in [0.15, 0.2) is 120 Å². The number of aromatic nitrogens is 12. The van der Waals surface area contributed by atoms with Gasteiger partial charge in [0.15, 0.2) is 11.3 Å². The number of H-pyrrole nitrogens is 2. The minimum atomic E-state index is -0.214. The number of benzene rings is 1. The van der Waals surface area contributed by atoms with Gasteiger partial charge in [0.2, 0.25) is 0 Å². The van der Waals surface area contributed by atoms with E-state index in [0.29, 0.717) is 87.2 Å². The standard InChI is InChI=1S/C39H32N12O2/c1-3-27-26(39(53)50-36(45-27)33(19-44-50)48-20-31(42-22-48)28-13-7-9-17-40-28)15-16-30-35(49-21-32(43-23-49)29-14-8-10-18-41-29)37-46-34(25-11-5-4-6-12-25)24(2)38(52)51(37)47-30/h4-14,17-23,44,47H,3,15-16H2,1-2H3. The number of imidazole rings is 2. The molecule has 0 bridgehead atoms. The summed E-state index contributed by atoms with van der Waals surface area (Å²) >= 11 is 0. The van der Waals surface area contributed by atoms with Gasteiger partial charge >= 0.3 is 0 Å². The molecule has 0 unspecified atom stereocenters. The van der Waals surface area contributed by atoms with Crippen LogP contribution in [0.25, 0.3) is 56.7 Å². The van der Waals surface area contributed by atoms with Crippen molar-refractivity contribution in [2.45, 2.75) is 33.1 Å². The van der Waals surface area contributed by atoms with Crippen molar-refractivity contribution in [1.82, 2.24) is 58.3 Å². The maximum Gasteiger partial charge on any atom is 0.276 e. The molecule has 0 aliphatic carbocycles. The second-order valence-corrected chi connectivity index (χ2v) is 12.6.